The number of fused-ring (bicyclic) bond motifs is 3. The molecule has 4 rings (SSSR count). The van der Waals surface area contributed by atoms with Crippen molar-refractivity contribution in [1.82, 2.24) is 0 Å². The Morgan fingerprint density at radius 2 is 1.96 bits per heavy atom. The first-order chi connectivity index (χ1) is 11.6. The van der Waals surface area contributed by atoms with E-state index in [0.717, 1.165) is 22.7 Å². The standard InChI is InChI=1S/C19H17ClN2O2/c1-11-5-10-16(20)17-14-3-2-4-15(14)19(21-18(11)17)12-6-8-13(9-7-12)22(23)24/h2-3,5-10,14-15,19,21H,4H2,1H3/t14-,15-,19-/m1/s1. The molecule has 0 saturated heterocycles. The average molecular weight is 341 g/mol. The molecule has 3 atom stereocenters. The number of anilines is 1. The zero-order valence-corrected chi connectivity index (χ0v) is 14.0. The van der Waals surface area contributed by atoms with Crippen LogP contribution in [0.1, 0.15) is 35.1 Å². The van der Waals surface area contributed by atoms with Gasteiger partial charge in [-0.25, -0.2) is 0 Å². The van der Waals surface area contributed by atoms with Crippen molar-refractivity contribution >= 4 is 23.0 Å². The Balaban J connectivity index is 1.78. The molecule has 0 bridgehead atoms. The van der Waals surface area contributed by atoms with E-state index in [1.54, 1.807) is 12.1 Å². The molecular weight excluding hydrogens is 324 g/mol. The molecule has 24 heavy (non-hydrogen) atoms. The summed E-state index contributed by atoms with van der Waals surface area (Å²) in [5.74, 6) is 0.659. The van der Waals surface area contributed by atoms with Crippen LogP contribution >= 0.6 is 11.6 Å². The van der Waals surface area contributed by atoms with E-state index < -0.39 is 0 Å². The number of aryl methyl sites for hydroxylation is 1. The Labute approximate surface area is 145 Å². The molecule has 122 valence electrons. The number of allylic oxidation sites excluding steroid dienone is 2. The van der Waals surface area contributed by atoms with Crippen molar-refractivity contribution in [2.45, 2.75) is 25.3 Å². The fourth-order valence-electron chi connectivity index (χ4n) is 3.94. The zero-order chi connectivity index (χ0) is 16.8. The van der Waals surface area contributed by atoms with Gasteiger partial charge in [-0.15, -0.1) is 0 Å². The van der Waals surface area contributed by atoms with Gasteiger partial charge in [0, 0.05) is 34.3 Å². The molecule has 1 aliphatic carbocycles. The van der Waals surface area contributed by atoms with Gasteiger partial charge in [0.15, 0.2) is 0 Å². The molecule has 5 heteroatoms. The Hall–Kier alpha value is -2.33. The van der Waals surface area contributed by atoms with Crippen LogP contribution in [-0.4, -0.2) is 4.92 Å². The fraction of sp³-hybridized carbons (Fsp3) is 0.263. The van der Waals surface area contributed by atoms with E-state index in [2.05, 4.69) is 24.4 Å². The summed E-state index contributed by atoms with van der Waals surface area (Å²) < 4.78 is 0. The summed E-state index contributed by atoms with van der Waals surface area (Å²) in [6, 6.07) is 11.0. The van der Waals surface area contributed by atoms with E-state index in [1.165, 1.54) is 11.1 Å². The maximum absolute atomic E-state index is 10.9. The SMILES string of the molecule is Cc1ccc(Cl)c2c1N[C@H](c1ccc([N+](=O)[O-])cc1)[C@@H]1CC=C[C@@H]21. The fourth-order valence-corrected chi connectivity index (χ4v) is 4.23. The van der Waals surface area contributed by atoms with Crippen LogP contribution in [0, 0.1) is 23.0 Å². The molecule has 0 radical (unpaired) electrons. The third-order valence-corrected chi connectivity index (χ3v) is 5.47. The highest BCUT2D eigenvalue weighted by molar-refractivity contribution is 6.32. The molecule has 0 amide bonds. The van der Waals surface area contributed by atoms with Gasteiger partial charge in [0.2, 0.25) is 0 Å². The number of nitrogens with one attached hydrogen (secondary N) is 1. The molecule has 0 spiro atoms. The number of hydrogen-bond acceptors (Lipinski definition) is 3. The van der Waals surface area contributed by atoms with Crippen LogP contribution in [0.5, 0.6) is 0 Å². The summed E-state index contributed by atoms with van der Waals surface area (Å²) in [6.45, 7) is 2.08. The van der Waals surface area contributed by atoms with Gasteiger partial charge in [-0.05, 0) is 36.5 Å². The van der Waals surface area contributed by atoms with E-state index in [0.29, 0.717) is 5.92 Å². The second-order valence-corrected chi connectivity index (χ2v) is 6.88. The maximum Gasteiger partial charge on any atom is 0.269 e. The molecule has 1 N–H and O–H groups in total. The Bertz CT molecular complexity index is 845. The molecule has 2 aromatic carbocycles. The first-order valence-electron chi connectivity index (χ1n) is 8.03. The van der Waals surface area contributed by atoms with Crippen molar-refractivity contribution in [2.75, 3.05) is 5.32 Å². The summed E-state index contributed by atoms with van der Waals surface area (Å²) >= 11 is 6.48. The molecule has 0 saturated carbocycles. The minimum Gasteiger partial charge on any atom is -0.377 e. The predicted octanol–water partition coefficient (Wildman–Crippen LogP) is 5.38. The van der Waals surface area contributed by atoms with Crippen molar-refractivity contribution in [3.63, 3.8) is 0 Å². The van der Waals surface area contributed by atoms with E-state index in [1.807, 2.05) is 24.3 Å². The van der Waals surface area contributed by atoms with Gasteiger partial charge in [-0.1, -0.05) is 42.0 Å². The second-order valence-electron chi connectivity index (χ2n) is 6.48. The van der Waals surface area contributed by atoms with Gasteiger partial charge in [-0.2, -0.15) is 0 Å². The van der Waals surface area contributed by atoms with Crippen molar-refractivity contribution in [2.24, 2.45) is 5.92 Å². The van der Waals surface area contributed by atoms with Crippen molar-refractivity contribution in [3.05, 3.63) is 80.4 Å². The molecule has 1 aliphatic heterocycles. The van der Waals surface area contributed by atoms with Gasteiger partial charge in [0.1, 0.15) is 0 Å². The quantitative estimate of drug-likeness (QED) is 0.453. The number of non-ortho nitro benzene ring substituents is 1. The van der Waals surface area contributed by atoms with Crippen LogP contribution < -0.4 is 5.32 Å². The highest BCUT2D eigenvalue weighted by Crippen LogP contribution is 2.52. The zero-order valence-electron chi connectivity index (χ0n) is 13.2. The van der Waals surface area contributed by atoms with Gasteiger partial charge < -0.3 is 5.32 Å². The molecule has 0 unspecified atom stereocenters. The van der Waals surface area contributed by atoms with Gasteiger partial charge in [0.25, 0.3) is 5.69 Å². The van der Waals surface area contributed by atoms with Crippen LogP contribution in [0.15, 0.2) is 48.6 Å². The lowest BCUT2D eigenvalue weighted by Gasteiger charge is -2.38. The smallest absolute Gasteiger partial charge is 0.269 e. The van der Waals surface area contributed by atoms with Gasteiger partial charge in [-0.3, -0.25) is 10.1 Å². The first-order valence-corrected chi connectivity index (χ1v) is 8.40. The van der Waals surface area contributed by atoms with Gasteiger partial charge >= 0.3 is 0 Å². The van der Waals surface area contributed by atoms with Crippen molar-refractivity contribution < 1.29 is 4.92 Å². The highest BCUT2D eigenvalue weighted by atomic mass is 35.5. The summed E-state index contributed by atoms with van der Waals surface area (Å²) in [5.41, 5.74) is 4.63. The van der Waals surface area contributed by atoms with E-state index in [-0.39, 0.29) is 22.6 Å². The molecule has 0 aromatic heterocycles. The minimum atomic E-state index is -0.364. The first kappa shape index (κ1) is 15.2. The summed E-state index contributed by atoms with van der Waals surface area (Å²) in [7, 11) is 0. The Morgan fingerprint density at radius 3 is 2.67 bits per heavy atom. The summed E-state index contributed by atoms with van der Waals surface area (Å²) in [6.07, 6.45) is 5.43. The predicted molar refractivity (Wildman–Crippen MR) is 95.6 cm³/mol. The minimum absolute atomic E-state index is 0.121. The van der Waals surface area contributed by atoms with Crippen molar-refractivity contribution in [3.8, 4) is 0 Å². The summed E-state index contributed by atoms with van der Waals surface area (Å²) in [4.78, 5) is 10.5. The second kappa shape index (κ2) is 5.64. The Morgan fingerprint density at radius 1 is 1.21 bits per heavy atom. The lowest BCUT2D eigenvalue weighted by atomic mass is 9.76. The lowest BCUT2D eigenvalue weighted by Crippen LogP contribution is -2.29. The molecular formula is C19H17ClN2O2. The largest absolute Gasteiger partial charge is 0.377 e. The molecule has 4 nitrogen and oxygen atoms in total. The molecule has 2 aromatic rings. The third-order valence-electron chi connectivity index (χ3n) is 5.14. The molecule has 1 heterocycles. The van der Waals surface area contributed by atoms with E-state index in [9.17, 15) is 10.1 Å². The van der Waals surface area contributed by atoms with Crippen LogP contribution in [0.2, 0.25) is 5.02 Å². The van der Waals surface area contributed by atoms with Crippen LogP contribution in [-0.2, 0) is 0 Å². The van der Waals surface area contributed by atoms with E-state index in [4.69, 9.17) is 11.6 Å². The average Bonchev–Trinajstić information content (AvgIpc) is 3.07. The normalized spacial score (nSPS) is 24.2. The van der Waals surface area contributed by atoms with Crippen LogP contribution in [0.25, 0.3) is 0 Å². The number of hydrogen-bond donors (Lipinski definition) is 1. The Kier molecular flexibility index (Phi) is 3.57. The summed E-state index contributed by atoms with van der Waals surface area (Å²) in [5, 5.41) is 15.3. The third kappa shape index (κ3) is 2.29. The topological polar surface area (TPSA) is 55.2 Å². The molecule has 0 fully saturated rings. The number of halogens is 1. The van der Waals surface area contributed by atoms with Crippen LogP contribution in [0.4, 0.5) is 11.4 Å². The lowest BCUT2D eigenvalue weighted by molar-refractivity contribution is -0.384. The highest BCUT2D eigenvalue weighted by Gasteiger charge is 2.39. The maximum atomic E-state index is 10.9. The number of nitrogens with zero attached hydrogens (tertiary/aromatic N) is 1. The molecule has 2 aliphatic rings. The van der Waals surface area contributed by atoms with Crippen LogP contribution in [0.3, 0.4) is 0 Å². The van der Waals surface area contributed by atoms with Crippen molar-refractivity contribution in [1.29, 1.82) is 0 Å². The number of nitro groups is 1. The number of benzene rings is 2. The number of nitro benzene ring substituents is 1. The van der Waals surface area contributed by atoms with Gasteiger partial charge in [0.05, 0.1) is 11.0 Å². The van der Waals surface area contributed by atoms with E-state index >= 15 is 0 Å². The number of rotatable bonds is 2. The monoisotopic (exact) mass is 340 g/mol.